The van der Waals surface area contributed by atoms with Crippen LogP contribution in [0.5, 0.6) is 0 Å². The van der Waals surface area contributed by atoms with Crippen molar-refractivity contribution in [3.8, 4) is 11.3 Å². The lowest BCUT2D eigenvalue weighted by Gasteiger charge is -2.04. The van der Waals surface area contributed by atoms with Crippen molar-refractivity contribution in [2.45, 2.75) is 19.4 Å². The molecule has 0 amide bonds. The standard InChI is InChI=1S/C13H13F2NO/c1-2-10(16)11-6-7-12(17-11)13-8(14)4-3-5-9(13)15/h3-7,10H,2,16H2,1H3. The van der Waals surface area contributed by atoms with Gasteiger partial charge in [0, 0.05) is 0 Å². The predicted octanol–water partition coefficient (Wildman–Crippen LogP) is 3.63. The first kappa shape index (κ1) is 11.8. The maximum atomic E-state index is 13.5. The Kier molecular flexibility index (Phi) is 3.24. The molecule has 2 aromatic rings. The number of benzene rings is 1. The van der Waals surface area contributed by atoms with Crippen LogP contribution >= 0.6 is 0 Å². The third-order valence-corrected chi connectivity index (χ3v) is 2.64. The van der Waals surface area contributed by atoms with Crippen LogP contribution in [0, 0.1) is 11.6 Å². The molecule has 0 fully saturated rings. The lowest BCUT2D eigenvalue weighted by molar-refractivity contribution is 0.464. The first-order valence-electron chi connectivity index (χ1n) is 5.43. The van der Waals surface area contributed by atoms with Gasteiger partial charge in [-0.15, -0.1) is 0 Å². The summed E-state index contributed by atoms with van der Waals surface area (Å²) >= 11 is 0. The molecular formula is C13H13F2NO. The fraction of sp³-hybridized carbons (Fsp3) is 0.231. The summed E-state index contributed by atoms with van der Waals surface area (Å²) in [5.41, 5.74) is 5.63. The van der Waals surface area contributed by atoms with E-state index in [0.717, 1.165) is 0 Å². The van der Waals surface area contributed by atoms with Crippen LogP contribution in [0.25, 0.3) is 11.3 Å². The van der Waals surface area contributed by atoms with Crippen LogP contribution in [0.3, 0.4) is 0 Å². The Morgan fingerprint density at radius 2 is 1.82 bits per heavy atom. The van der Waals surface area contributed by atoms with Crippen LogP contribution in [0.15, 0.2) is 34.7 Å². The number of furan rings is 1. The van der Waals surface area contributed by atoms with Gasteiger partial charge in [-0.2, -0.15) is 0 Å². The zero-order valence-corrected chi connectivity index (χ0v) is 9.41. The van der Waals surface area contributed by atoms with Crippen LogP contribution < -0.4 is 5.73 Å². The molecule has 0 spiro atoms. The highest BCUT2D eigenvalue weighted by Gasteiger charge is 2.16. The van der Waals surface area contributed by atoms with E-state index < -0.39 is 11.6 Å². The van der Waals surface area contributed by atoms with E-state index in [4.69, 9.17) is 10.2 Å². The van der Waals surface area contributed by atoms with Crippen molar-refractivity contribution in [1.29, 1.82) is 0 Å². The van der Waals surface area contributed by atoms with Gasteiger partial charge in [-0.1, -0.05) is 13.0 Å². The minimum atomic E-state index is -0.643. The topological polar surface area (TPSA) is 39.2 Å². The molecule has 0 aliphatic carbocycles. The SMILES string of the molecule is CCC(N)c1ccc(-c2c(F)cccc2F)o1. The smallest absolute Gasteiger partial charge is 0.140 e. The first-order chi connectivity index (χ1) is 8.13. The monoisotopic (exact) mass is 237 g/mol. The van der Waals surface area contributed by atoms with Crippen molar-refractivity contribution in [1.82, 2.24) is 0 Å². The summed E-state index contributed by atoms with van der Waals surface area (Å²) in [6.45, 7) is 1.91. The maximum absolute atomic E-state index is 13.5. The normalized spacial score (nSPS) is 12.7. The molecule has 2 rings (SSSR count). The van der Waals surface area contributed by atoms with E-state index in [-0.39, 0.29) is 17.4 Å². The molecule has 0 bridgehead atoms. The summed E-state index contributed by atoms with van der Waals surface area (Å²) in [5.74, 6) is -0.586. The highest BCUT2D eigenvalue weighted by Crippen LogP contribution is 2.29. The van der Waals surface area contributed by atoms with Crippen molar-refractivity contribution in [2.24, 2.45) is 5.73 Å². The van der Waals surface area contributed by atoms with Crippen molar-refractivity contribution in [3.63, 3.8) is 0 Å². The Morgan fingerprint density at radius 1 is 1.18 bits per heavy atom. The molecule has 2 nitrogen and oxygen atoms in total. The molecule has 0 saturated carbocycles. The zero-order chi connectivity index (χ0) is 12.4. The molecule has 0 radical (unpaired) electrons. The molecule has 0 aliphatic heterocycles. The highest BCUT2D eigenvalue weighted by atomic mass is 19.1. The Labute approximate surface area is 98.0 Å². The van der Waals surface area contributed by atoms with E-state index in [2.05, 4.69) is 0 Å². The van der Waals surface area contributed by atoms with Gasteiger partial charge in [0.25, 0.3) is 0 Å². The largest absolute Gasteiger partial charge is 0.459 e. The number of rotatable bonds is 3. The lowest BCUT2D eigenvalue weighted by atomic mass is 10.1. The number of hydrogen-bond donors (Lipinski definition) is 1. The van der Waals surface area contributed by atoms with E-state index in [1.807, 2.05) is 6.92 Å². The summed E-state index contributed by atoms with van der Waals surface area (Å²) < 4.78 is 32.4. The summed E-state index contributed by atoms with van der Waals surface area (Å²) in [5, 5.41) is 0. The van der Waals surface area contributed by atoms with Crippen molar-refractivity contribution < 1.29 is 13.2 Å². The van der Waals surface area contributed by atoms with Crippen LogP contribution in [-0.2, 0) is 0 Å². The van der Waals surface area contributed by atoms with Gasteiger partial charge < -0.3 is 10.2 Å². The molecular weight excluding hydrogens is 224 g/mol. The molecule has 1 aromatic heterocycles. The first-order valence-corrected chi connectivity index (χ1v) is 5.43. The van der Waals surface area contributed by atoms with Crippen molar-refractivity contribution >= 4 is 0 Å². The molecule has 1 aromatic carbocycles. The molecule has 1 atom stereocenters. The summed E-state index contributed by atoms with van der Waals surface area (Å²) in [7, 11) is 0. The molecule has 2 N–H and O–H groups in total. The Morgan fingerprint density at radius 3 is 2.41 bits per heavy atom. The van der Waals surface area contributed by atoms with E-state index in [0.29, 0.717) is 12.2 Å². The van der Waals surface area contributed by atoms with Crippen LogP contribution in [0.4, 0.5) is 8.78 Å². The quantitative estimate of drug-likeness (QED) is 0.885. The summed E-state index contributed by atoms with van der Waals surface area (Å²) in [4.78, 5) is 0. The second-order valence-electron chi connectivity index (χ2n) is 3.81. The predicted molar refractivity (Wildman–Crippen MR) is 61.3 cm³/mol. The maximum Gasteiger partial charge on any atom is 0.140 e. The van der Waals surface area contributed by atoms with E-state index >= 15 is 0 Å². The molecule has 1 unspecified atom stereocenters. The minimum Gasteiger partial charge on any atom is -0.459 e. The number of nitrogens with two attached hydrogens (primary N) is 1. The average molecular weight is 237 g/mol. The van der Waals surface area contributed by atoms with Crippen molar-refractivity contribution in [2.75, 3.05) is 0 Å². The van der Waals surface area contributed by atoms with E-state index in [1.165, 1.54) is 24.3 Å². The molecule has 90 valence electrons. The van der Waals surface area contributed by atoms with Crippen LogP contribution in [0.1, 0.15) is 25.1 Å². The molecule has 17 heavy (non-hydrogen) atoms. The third kappa shape index (κ3) is 2.22. The molecule has 1 heterocycles. The van der Waals surface area contributed by atoms with Gasteiger partial charge in [0.05, 0.1) is 11.6 Å². The molecule has 0 aliphatic rings. The van der Waals surface area contributed by atoms with Gasteiger partial charge in [-0.05, 0) is 30.7 Å². The van der Waals surface area contributed by atoms with E-state index in [9.17, 15) is 8.78 Å². The Hall–Kier alpha value is -1.68. The fourth-order valence-corrected chi connectivity index (χ4v) is 1.62. The van der Waals surface area contributed by atoms with Gasteiger partial charge >= 0.3 is 0 Å². The van der Waals surface area contributed by atoms with Crippen LogP contribution in [0.2, 0.25) is 0 Å². The minimum absolute atomic E-state index is 0.151. The van der Waals surface area contributed by atoms with Gasteiger partial charge in [0.2, 0.25) is 0 Å². The van der Waals surface area contributed by atoms with Gasteiger partial charge in [-0.25, -0.2) is 8.78 Å². The molecule has 4 heteroatoms. The zero-order valence-electron chi connectivity index (χ0n) is 9.41. The lowest BCUT2D eigenvalue weighted by Crippen LogP contribution is -2.06. The third-order valence-electron chi connectivity index (χ3n) is 2.64. The van der Waals surface area contributed by atoms with Gasteiger partial charge in [0.15, 0.2) is 0 Å². The fourth-order valence-electron chi connectivity index (χ4n) is 1.62. The second-order valence-corrected chi connectivity index (χ2v) is 3.81. The summed E-state index contributed by atoms with van der Waals surface area (Å²) in [6.07, 6.45) is 0.701. The van der Waals surface area contributed by atoms with Crippen LogP contribution in [-0.4, -0.2) is 0 Å². The number of halogens is 2. The van der Waals surface area contributed by atoms with Gasteiger partial charge in [0.1, 0.15) is 23.2 Å². The average Bonchev–Trinajstić information content (AvgIpc) is 2.77. The van der Waals surface area contributed by atoms with E-state index in [1.54, 1.807) is 6.07 Å². The highest BCUT2D eigenvalue weighted by molar-refractivity contribution is 5.59. The molecule has 0 saturated heterocycles. The second kappa shape index (κ2) is 4.67. The van der Waals surface area contributed by atoms with Crippen molar-refractivity contribution in [3.05, 3.63) is 47.7 Å². The van der Waals surface area contributed by atoms with Gasteiger partial charge in [-0.3, -0.25) is 0 Å². The summed E-state index contributed by atoms with van der Waals surface area (Å²) in [6, 6.07) is 6.64. The Balaban J connectivity index is 2.44. The Bertz CT molecular complexity index is 502. The number of hydrogen-bond acceptors (Lipinski definition) is 2.